The number of nitrogens with two attached hydrogens (primary N) is 2. The summed E-state index contributed by atoms with van der Waals surface area (Å²) in [5.74, 6) is 0. The van der Waals surface area contributed by atoms with E-state index in [1.165, 1.54) is 0 Å². The Bertz CT molecular complexity index is 297. The van der Waals surface area contributed by atoms with Crippen molar-refractivity contribution in [3.05, 3.63) is 34.9 Å². The van der Waals surface area contributed by atoms with Gasteiger partial charge in [-0.3, -0.25) is 0 Å². The van der Waals surface area contributed by atoms with Crippen LogP contribution in [0.2, 0.25) is 0 Å². The molecule has 14 heavy (non-hydrogen) atoms. The second kappa shape index (κ2) is 5.10. The largest absolute Gasteiger partial charge is 0.393 e. The topological polar surface area (TPSA) is 72.3 Å². The summed E-state index contributed by atoms with van der Waals surface area (Å²) in [6.45, 7) is 2.80. The summed E-state index contributed by atoms with van der Waals surface area (Å²) < 4.78 is 0. The first-order valence-corrected chi connectivity index (χ1v) is 4.86. The Kier molecular flexibility index (Phi) is 4.07. The lowest BCUT2D eigenvalue weighted by atomic mass is 9.99. The molecule has 0 radical (unpaired) electrons. The van der Waals surface area contributed by atoms with Crippen molar-refractivity contribution in [3.8, 4) is 0 Å². The molecule has 5 N–H and O–H groups in total. The monoisotopic (exact) mass is 194 g/mol. The highest BCUT2D eigenvalue weighted by atomic mass is 16.3. The molecule has 0 aliphatic heterocycles. The summed E-state index contributed by atoms with van der Waals surface area (Å²) >= 11 is 0. The number of aliphatic hydroxyl groups is 1. The molecular weight excluding hydrogens is 176 g/mol. The lowest BCUT2D eigenvalue weighted by molar-refractivity contribution is 0.195. The third-order valence-corrected chi connectivity index (χ3v) is 2.24. The van der Waals surface area contributed by atoms with Crippen molar-refractivity contribution in [3.63, 3.8) is 0 Å². The number of hydrogen-bond acceptors (Lipinski definition) is 3. The van der Waals surface area contributed by atoms with Crippen LogP contribution >= 0.6 is 0 Å². The molecule has 0 saturated carbocycles. The fourth-order valence-electron chi connectivity index (χ4n) is 1.51. The van der Waals surface area contributed by atoms with Crippen molar-refractivity contribution in [1.82, 2.24) is 0 Å². The number of aliphatic hydroxyl groups excluding tert-OH is 1. The molecule has 0 fully saturated rings. The Hall–Kier alpha value is -0.900. The second-order valence-electron chi connectivity index (χ2n) is 3.56. The van der Waals surface area contributed by atoms with Gasteiger partial charge in [0.2, 0.25) is 0 Å². The van der Waals surface area contributed by atoms with E-state index in [0.29, 0.717) is 19.5 Å². The van der Waals surface area contributed by atoms with E-state index >= 15 is 0 Å². The van der Waals surface area contributed by atoms with Crippen LogP contribution in [0.15, 0.2) is 18.2 Å². The molecule has 0 aliphatic rings. The zero-order chi connectivity index (χ0) is 10.6. The van der Waals surface area contributed by atoms with Crippen LogP contribution in [0.3, 0.4) is 0 Å². The molecule has 3 nitrogen and oxygen atoms in total. The van der Waals surface area contributed by atoms with E-state index in [9.17, 15) is 5.11 Å². The highest BCUT2D eigenvalue weighted by Crippen LogP contribution is 2.13. The van der Waals surface area contributed by atoms with Crippen LogP contribution in [-0.4, -0.2) is 11.2 Å². The number of hydrogen-bond donors (Lipinski definition) is 3. The van der Waals surface area contributed by atoms with E-state index in [1.54, 1.807) is 6.92 Å². The molecule has 78 valence electrons. The van der Waals surface area contributed by atoms with Crippen LogP contribution in [0.4, 0.5) is 0 Å². The van der Waals surface area contributed by atoms with E-state index in [-0.39, 0.29) is 6.10 Å². The number of benzene rings is 1. The molecule has 0 amide bonds. The molecule has 0 saturated heterocycles. The quantitative estimate of drug-likeness (QED) is 0.654. The predicted molar refractivity (Wildman–Crippen MR) is 57.6 cm³/mol. The smallest absolute Gasteiger partial charge is 0.0552 e. The molecule has 0 aromatic heterocycles. The normalized spacial score (nSPS) is 12.9. The van der Waals surface area contributed by atoms with Crippen LogP contribution in [0.1, 0.15) is 23.6 Å². The van der Waals surface area contributed by atoms with E-state index in [1.807, 2.05) is 18.2 Å². The van der Waals surface area contributed by atoms with Gasteiger partial charge in [0.25, 0.3) is 0 Å². The predicted octanol–water partition coefficient (Wildman–Crippen LogP) is 0.527. The minimum Gasteiger partial charge on any atom is -0.393 e. The van der Waals surface area contributed by atoms with Crippen molar-refractivity contribution in [2.45, 2.75) is 32.5 Å². The molecule has 1 unspecified atom stereocenters. The Morgan fingerprint density at radius 3 is 2.43 bits per heavy atom. The van der Waals surface area contributed by atoms with Gasteiger partial charge in [-0.2, -0.15) is 0 Å². The molecule has 1 rings (SSSR count). The van der Waals surface area contributed by atoms with Crippen LogP contribution in [0, 0.1) is 0 Å². The molecule has 3 heteroatoms. The summed E-state index contributed by atoms with van der Waals surface area (Å²) in [5.41, 5.74) is 14.4. The maximum atomic E-state index is 9.29. The first-order valence-electron chi connectivity index (χ1n) is 4.86. The fourth-order valence-corrected chi connectivity index (χ4v) is 1.51. The van der Waals surface area contributed by atoms with Gasteiger partial charge in [0, 0.05) is 13.1 Å². The SMILES string of the molecule is CC(O)Cc1ccc(CN)cc1CN. The van der Waals surface area contributed by atoms with Gasteiger partial charge in [-0.05, 0) is 30.0 Å². The van der Waals surface area contributed by atoms with Gasteiger partial charge >= 0.3 is 0 Å². The zero-order valence-electron chi connectivity index (χ0n) is 8.53. The molecule has 1 aromatic rings. The standard InChI is InChI=1S/C11H18N2O/c1-8(14)4-10-3-2-9(6-12)5-11(10)7-13/h2-3,5,8,14H,4,6-7,12-13H2,1H3. The van der Waals surface area contributed by atoms with Crippen LogP contribution in [0.5, 0.6) is 0 Å². The highest BCUT2D eigenvalue weighted by Gasteiger charge is 2.05. The fraction of sp³-hybridized carbons (Fsp3) is 0.455. The Morgan fingerprint density at radius 1 is 1.21 bits per heavy atom. The third-order valence-electron chi connectivity index (χ3n) is 2.24. The molecule has 0 bridgehead atoms. The van der Waals surface area contributed by atoms with Gasteiger partial charge in [0.05, 0.1) is 6.10 Å². The molecule has 0 aliphatic carbocycles. The molecule has 0 heterocycles. The minimum absolute atomic E-state index is 0.330. The maximum Gasteiger partial charge on any atom is 0.0552 e. The van der Waals surface area contributed by atoms with E-state index in [2.05, 4.69) is 0 Å². The van der Waals surface area contributed by atoms with Crippen LogP contribution < -0.4 is 11.5 Å². The van der Waals surface area contributed by atoms with Crippen molar-refractivity contribution >= 4 is 0 Å². The van der Waals surface area contributed by atoms with Crippen molar-refractivity contribution in [1.29, 1.82) is 0 Å². The van der Waals surface area contributed by atoms with Crippen molar-refractivity contribution in [2.75, 3.05) is 0 Å². The maximum absolute atomic E-state index is 9.29. The van der Waals surface area contributed by atoms with Crippen molar-refractivity contribution in [2.24, 2.45) is 11.5 Å². The van der Waals surface area contributed by atoms with Crippen molar-refractivity contribution < 1.29 is 5.11 Å². The lowest BCUT2D eigenvalue weighted by Gasteiger charge is -2.11. The van der Waals surface area contributed by atoms with E-state index in [4.69, 9.17) is 11.5 Å². The third kappa shape index (κ3) is 2.80. The lowest BCUT2D eigenvalue weighted by Crippen LogP contribution is -2.10. The summed E-state index contributed by atoms with van der Waals surface area (Å²) in [5, 5.41) is 9.29. The van der Waals surface area contributed by atoms with E-state index in [0.717, 1.165) is 16.7 Å². The Labute approximate surface area is 84.7 Å². The summed E-state index contributed by atoms with van der Waals surface area (Å²) in [4.78, 5) is 0. The first-order chi connectivity index (χ1) is 6.67. The summed E-state index contributed by atoms with van der Waals surface area (Å²) in [6, 6.07) is 5.99. The Morgan fingerprint density at radius 2 is 1.93 bits per heavy atom. The summed E-state index contributed by atoms with van der Waals surface area (Å²) in [7, 11) is 0. The van der Waals surface area contributed by atoms with Crippen LogP contribution in [-0.2, 0) is 19.5 Å². The molecular formula is C11H18N2O. The number of rotatable bonds is 4. The summed E-state index contributed by atoms with van der Waals surface area (Å²) in [6.07, 6.45) is 0.321. The highest BCUT2D eigenvalue weighted by molar-refractivity contribution is 5.32. The average Bonchev–Trinajstić information content (AvgIpc) is 2.17. The molecule has 0 spiro atoms. The van der Waals surface area contributed by atoms with Gasteiger partial charge < -0.3 is 16.6 Å². The zero-order valence-corrected chi connectivity index (χ0v) is 8.53. The van der Waals surface area contributed by atoms with Gasteiger partial charge in [0.15, 0.2) is 0 Å². The molecule has 1 atom stereocenters. The second-order valence-corrected chi connectivity index (χ2v) is 3.56. The average molecular weight is 194 g/mol. The van der Waals surface area contributed by atoms with E-state index < -0.39 is 0 Å². The minimum atomic E-state index is -0.330. The first kappa shape index (κ1) is 11.2. The van der Waals surface area contributed by atoms with Gasteiger partial charge in [-0.1, -0.05) is 18.2 Å². The molecule has 1 aromatic carbocycles. The van der Waals surface area contributed by atoms with Gasteiger partial charge in [0.1, 0.15) is 0 Å². The Balaban J connectivity index is 2.93. The van der Waals surface area contributed by atoms with Gasteiger partial charge in [-0.15, -0.1) is 0 Å². The van der Waals surface area contributed by atoms with Crippen LogP contribution in [0.25, 0.3) is 0 Å². The van der Waals surface area contributed by atoms with Gasteiger partial charge in [-0.25, -0.2) is 0 Å².